The zero-order valence-corrected chi connectivity index (χ0v) is 17.2. The number of para-hydroxylation sites is 1. The third kappa shape index (κ3) is 5.11. The van der Waals surface area contributed by atoms with Crippen molar-refractivity contribution in [2.24, 2.45) is 13.0 Å². The van der Waals surface area contributed by atoms with Crippen molar-refractivity contribution in [3.05, 3.63) is 47.3 Å². The lowest BCUT2D eigenvalue weighted by Gasteiger charge is -2.27. The van der Waals surface area contributed by atoms with Gasteiger partial charge in [-0.2, -0.15) is 5.10 Å². The minimum atomic E-state index is 0.623. The Labute approximate surface area is 163 Å². The summed E-state index contributed by atoms with van der Waals surface area (Å²) in [7, 11) is 8.01. The van der Waals surface area contributed by atoms with E-state index in [1.54, 1.807) is 7.11 Å². The molecule has 2 aromatic rings. The van der Waals surface area contributed by atoms with Crippen LogP contribution in [0.3, 0.4) is 0 Å². The van der Waals surface area contributed by atoms with E-state index in [1.165, 1.54) is 42.6 Å². The average molecular weight is 371 g/mol. The fourth-order valence-electron chi connectivity index (χ4n) is 4.29. The third-order valence-corrected chi connectivity index (χ3v) is 5.82. The lowest BCUT2D eigenvalue weighted by molar-refractivity contribution is 0.301. The van der Waals surface area contributed by atoms with Crippen LogP contribution in [0.25, 0.3) is 0 Å². The number of aryl methyl sites for hydroxylation is 1. The molecule has 1 heterocycles. The fourth-order valence-corrected chi connectivity index (χ4v) is 4.29. The van der Waals surface area contributed by atoms with Crippen LogP contribution in [0.15, 0.2) is 30.3 Å². The smallest absolute Gasteiger partial charge is 0.123 e. The van der Waals surface area contributed by atoms with E-state index in [9.17, 15) is 0 Å². The Balaban J connectivity index is 1.60. The Bertz CT molecular complexity index is 719. The molecule has 0 bridgehead atoms. The van der Waals surface area contributed by atoms with Gasteiger partial charge in [0, 0.05) is 31.6 Å². The van der Waals surface area contributed by atoms with Crippen molar-refractivity contribution in [3.8, 4) is 5.75 Å². The second-order valence-electron chi connectivity index (χ2n) is 7.94. The van der Waals surface area contributed by atoms with Gasteiger partial charge >= 0.3 is 0 Å². The molecule has 5 nitrogen and oxygen atoms in total. The first-order valence-electron chi connectivity index (χ1n) is 10.1. The summed E-state index contributed by atoms with van der Waals surface area (Å²) >= 11 is 0. The highest BCUT2D eigenvalue weighted by atomic mass is 16.5. The highest BCUT2D eigenvalue weighted by Gasteiger charge is 2.24. The summed E-state index contributed by atoms with van der Waals surface area (Å²) in [4.78, 5) is 2.32. The lowest BCUT2D eigenvalue weighted by Crippen LogP contribution is -2.23. The van der Waals surface area contributed by atoms with Crippen molar-refractivity contribution in [1.29, 1.82) is 0 Å². The first-order valence-corrected chi connectivity index (χ1v) is 10.1. The zero-order valence-electron chi connectivity index (χ0n) is 17.2. The molecule has 1 N–H and O–H groups in total. The second kappa shape index (κ2) is 9.38. The number of hydrogen-bond donors (Lipinski definition) is 1. The summed E-state index contributed by atoms with van der Waals surface area (Å²) in [5, 5.41) is 8.17. The summed E-state index contributed by atoms with van der Waals surface area (Å²) in [5.74, 6) is 2.41. The van der Waals surface area contributed by atoms with Crippen LogP contribution in [-0.4, -0.2) is 42.4 Å². The monoisotopic (exact) mass is 370 g/mol. The zero-order chi connectivity index (χ0) is 19.2. The molecule has 27 heavy (non-hydrogen) atoms. The summed E-state index contributed by atoms with van der Waals surface area (Å²) in [6.07, 6.45) is 5.15. The van der Waals surface area contributed by atoms with E-state index < -0.39 is 0 Å². The van der Waals surface area contributed by atoms with Crippen LogP contribution in [0.4, 0.5) is 0 Å². The number of nitrogens with one attached hydrogen (secondary N) is 1. The molecule has 0 amide bonds. The Hall–Kier alpha value is -1.85. The van der Waals surface area contributed by atoms with Gasteiger partial charge in [-0.25, -0.2) is 0 Å². The molecule has 0 atom stereocenters. The van der Waals surface area contributed by atoms with Crippen molar-refractivity contribution >= 4 is 0 Å². The highest BCUT2D eigenvalue weighted by molar-refractivity contribution is 5.33. The van der Waals surface area contributed by atoms with Gasteiger partial charge in [0.05, 0.1) is 18.5 Å². The topological polar surface area (TPSA) is 42.3 Å². The van der Waals surface area contributed by atoms with Crippen LogP contribution < -0.4 is 10.1 Å². The molecule has 1 aromatic heterocycles. The van der Waals surface area contributed by atoms with E-state index in [0.29, 0.717) is 5.92 Å². The predicted molar refractivity (Wildman–Crippen MR) is 110 cm³/mol. The Morgan fingerprint density at radius 1 is 1.19 bits per heavy atom. The van der Waals surface area contributed by atoms with Crippen LogP contribution in [0, 0.1) is 5.92 Å². The van der Waals surface area contributed by atoms with E-state index >= 15 is 0 Å². The number of aromatic nitrogens is 2. The van der Waals surface area contributed by atoms with Crippen molar-refractivity contribution in [2.75, 3.05) is 27.7 Å². The molecule has 1 aromatic carbocycles. The van der Waals surface area contributed by atoms with E-state index in [2.05, 4.69) is 54.2 Å². The molecule has 0 aliphatic heterocycles. The van der Waals surface area contributed by atoms with Gasteiger partial charge in [0.1, 0.15) is 5.75 Å². The molecule has 148 valence electrons. The molecular weight excluding hydrogens is 336 g/mol. The number of hydrogen-bond acceptors (Lipinski definition) is 4. The molecule has 0 spiro atoms. The number of ether oxygens (including phenoxy) is 1. The SMILES string of the molecule is CNCC1CCC(c2cc(CN(C)Cc3ccccc3OC)n(C)n2)CC1. The van der Waals surface area contributed by atoms with Crippen LogP contribution >= 0.6 is 0 Å². The highest BCUT2D eigenvalue weighted by Crippen LogP contribution is 2.35. The second-order valence-corrected chi connectivity index (χ2v) is 7.94. The van der Waals surface area contributed by atoms with Gasteiger partial charge in [-0.15, -0.1) is 0 Å². The number of nitrogens with zero attached hydrogens (tertiary/aromatic N) is 3. The Kier molecular flexibility index (Phi) is 6.91. The molecule has 3 rings (SSSR count). The maximum atomic E-state index is 5.48. The number of rotatable bonds is 8. The molecule has 1 aliphatic rings. The first kappa shape index (κ1) is 19.9. The van der Waals surface area contributed by atoms with Gasteiger partial charge in [-0.05, 0) is 64.4 Å². The minimum Gasteiger partial charge on any atom is -0.496 e. The molecule has 0 radical (unpaired) electrons. The van der Waals surface area contributed by atoms with Gasteiger partial charge in [0.15, 0.2) is 0 Å². The van der Waals surface area contributed by atoms with Crippen molar-refractivity contribution < 1.29 is 4.74 Å². The number of methoxy groups -OCH3 is 1. The predicted octanol–water partition coefficient (Wildman–Crippen LogP) is 3.55. The molecular formula is C22H34N4O. The van der Waals surface area contributed by atoms with Crippen LogP contribution in [0.5, 0.6) is 5.75 Å². The quantitative estimate of drug-likeness (QED) is 0.772. The van der Waals surface area contributed by atoms with E-state index in [4.69, 9.17) is 9.84 Å². The molecule has 0 saturated heterocycles. The van der Waals surface area contributed by atoms with Gasteiger partial charge in [0.25, 0.3) is 0 Å². The normalized spacial score (nSPS) is 20.2. The standard InChI is InChI=1S/C22H34N4O/c1-23-14-17-9-11-18(12-10-17)21-13-20(26(3)24-21)16-25(2)15-19-7-5-6-8-22(19)27-4/h5-8,13,17-18,23H,9-12,14-16H2,1-4H3. The van der Waals surface area contributed by atoms with Crippen molar-refractivity contribution in [1.82, 2.24) is 20.0 Å². The lowest BCUT2D eigenvalue weighted by atomic mass is 9.80. The van der Waals surface area contributed by atoms with Gasteiger partial charge < -0.3 is 10.1 Å². The van der Waals surface area contributed by atoms with Gasteiger partial charge in [-0.3, -0.25) is 9.58 Å². The third-order valence-electron chi connectivity index (χ3n) is 5.82. The summed E-state index contributed by atoms with van der Waals surface area (Å²) in [6, 6.07) is 10.6. The molecule has 0 unspecified atom stereocenters. The largest absolute Gasteiger partial charge is 0.496 e. The van der Waals surface area contributed by atoms with E-state index in [1.807, 2.05) is 12.1 Å². The van der Waals surface area contributed by atoms with Crippen molar-refractivity contribution in [2.45, 2.75) is 44.7 Å². The Morgan fingerprint density at radius 3 is 2.63 bits per heavy atom. The first-order chi connectivity index (χ1) is 13.1. The van der Waals surface area contributed by atoms with Crippen LogP contribution in [-0.2, 0) is 20.1 Å². The van der Waals surface area contributed by atoms with E-state index in [-0.39, 0.29) is 0 Å². The van der Waals surface area contributed by atoms with Crippen LogP contribution in [0.1, 0.15) is 48.6 Å². The number of benzene rings is 1. The molecule has 1 fully saturated rings. The maximum Gasteiger partial charge on any atom is 0.123 e. The van der Waals surface area contributed by atoms with Crippen LogP contribution in [0.2, 0.25) is 0 Å². The minimum absolute atomic E-state index is 0.623. The molecule has 5 heteroatoms. The average Bonchev–Trinajstić information content (AvgIpc) is 3.03. The summed E-state index contributed by atoms with van der Waals surface area (Å²) in [5.41, 5.74) is 3.77. The fraction of sp³-hybridized carbons (Fsp3) is 0.591. The molecule has 1 saturated carbocycles. The van der Waals surface area contributed by atoms with E-state index in [0.717, 1.165) is 31.3 Å². The van der Waals surface area contributed by atoms with Crippen molar-refractivity contribution in [3.63, 3.8) is 0 Å². The molecule has 1 aliphatic carbocycles. The Morgan fingerprint density at radius 2 is 1.93 bits per heavy atom. The van der Waals surface area contributed by atoms with Gasteiger partial charge in [0.2, 0.25) is 0 Å². The van der Waals surface area contributed by atoms with Gasteiger partial charge in [-0.1, -0.05) is 18.2 Å². The summed E-state index contributed by atoms with van der Waals surface area (Å²) in [6.45, 7) is 2.89. The maximum absolute atomic E-state index is 5.48. The summed E-state index contributed by atoms with van der Waals surface area (Å²) < 4.78 is 7.54.